The molecule has 0 amide bonds. The highest BCUT2D eigenvalue weighted by Gasteiger charge is 2.10. The average molecular weight is 286 g/mol. The van der Waals surface area contributed by atoms with E-state index in [-0.39, 0.29) is 0 Å². The molecule has 3 heteroatoms. The summed E-state index contributed by atoms with van der Waals surface area (Å²) in [5, 5.41) is 4.28. The molecule has 18 heavy (non-hydrogen) atoms. The van der Waals surface area contributed by atoms with Crippen LogP contribution in [0.4, 0.5) is 0 Å². The van der Waals surface area contributed by atoms with Crippen molar-refractivity contribution in [2.75, 3.05) is 18.6 Å². The number of likely N-dealkylation sites (N-methyl/N-ethyl adjacent to an activating group) is 1. The Hall–Kier alpha value is -0.180. The first-order chi connectivity index (χ1) is 8.52. The first kappa shape index (κ1) is 15.9. The number of halogens is 1. The highest BCUT2D eigenvalue weighted by atomic mass is 35.5. The molecule has 0 heterocycles. The molecular formula is C15H24ClNS. The third-order valence-corrected chi connectivity index (χ3v) is 4.75. The van der Waals surface area contributed by atoms with Crippen molar-refractivity contribution in [2.45, 2.75) is 33.2 Å². The van der Waals surface area contributed by atoms with Gasteiger partial charge >= 0.3 is 0 Å². The molecule has 102 valence electrons. The summed E-state index contributed by atoms with van der Waals surface area (Å²) >= 11 is 8.30. The molecule has 1 nitrogen and oxygen atoms in total. The molecule has 1 aromatic rings. The van der Waals surface area contributed by atoms with E-state index in [1.807, 2.05) is 24.9 Å². The predicted molar refractivity (Wildman–Crippen MR) is 84.9 cm³/mol. The maximum atomic E-state index is 6.28. The fraction of sp³-hybridized carbons (Fsp3) is 0.600. The standard InChI is InChI=1S/C15H24ClNS/c1-11(2)9-18-10-14(17-4)8-13-6-5-12(3)7-15(13)16/h5-7,11,14,17H,8-10H2,1-4H3. The van der Waals surface area contributed by atoms with Gasteiger partial charge in [-0.25, -0.2) is 0 Å². The molecule has 0 fully saturated rings. The van der Waals surface area contributed by atoms with Crippen LogP contribution in [0, 0.1) is 12.8 Å². The molecule has 1 unspecified atom stereocenters. The molecule has 0 aliphatic heterocycles. The van der Waals surface area contributed by atoms with E-state index in [9.17, 15) is 0 Å². The lowest BCUT2D eigenvalue weighted by Crippen LogP contribution is -2.30. The molecule has 0 aliphatic rings. The Morgan fingerprint density at radius 1 is 1.28 bits per heavy atom. The normalized spacial score (nSPS) is 13.0. The third kappa shape index (κ3) is 5.64. The van der Waals surface area contributed by atoms with E-state index in [1.165, 1.54) is 16.9 Å². The van der Waals surface area contributed by atoms with Crippen LogP contribution in [0.15, 0.2) is 18.2 Å². The summed E-state index contributed by atoms with van der Waals surface area (Å²) < 4.78 is 0. The molecule has 0 aromatic heterocycles. The number of hydrogen-bond acceptors (Lipinski definition) is 2. The average Bonchev–Trinajstić information content (AvgIpc) is 2.30. The Labute approximate surface area is 121 Å². The lowest BCUT2D eigenvalue weighted by atomic mass is 10.1. The Morgan fingerprint density at radius 3 is 2.56 bits per heavy atom. The predicted octanol–water partition coefficient (Wildman–Crippen LogP) is 4.17. The summed E-state index contributed by atoms with van der Waals surface area (Å²) in [6.45, 7) is 6.60. The van der Waals surface area contributed by atoms with E-state index in [4.69, 9.17) is 11.6 Å². The molecule has 1 atom stereocenters. The minimum Gasteiger partial charge on any atom is -0.316 e. The van der Waals surface area contributed by atoms with E-state index in [1.54, 1.807) is 0 Å². The van der Waals surface area contributed by atoms with Crippen LogP contribution in [0.3, 0.4) is 0 Å². The van der Waals surface area contributed by atoms with Gasteiger partial charge in [0.2, 0.25) is 0 Å². The minimum atomic E-state index is 0.494. The minimum absolute atomic E-state index is 0.494. The molecule has 1 aromatic carbocycles. The van der Waals surface area contributed by atoms with E-state index in [2.05, 4.69) is 38.2 Å². The zero-order chi connectivity index (χ0) is 13.5. The van der Waals surface area contributed by atoms with Gasteiger partial charge in [0, 0.05) is 16.8 Å². The molecule has 0 aliphatic carbocycles. The Kier molecular flexibility index (Phi) is 7.13. The van der Waals surface area contributed by atoms with Crippen LogP contribution in [0.5, 0.6) is 0 Å². The van der Waals surface area contributed by atoms with Gasteiger partial charge in [0.15, 0.2) is 0 Å². The summed E-state index contributed by atoms with van der Waals surface area (Å²) in [5.41, 5.74) is 2.46. The number of hydrogen-bond donors (Lipinski definition) is 1. The van der Waals surface area contributed by atoms with E-state index in [0.717, 1.165) is 23.1 Å². The van der Waals surface area contributed by atoms with E-state index >= 15 is 0 Å². The van der Waals surface area contributed by atoms with Crippen molar-refractivity contribution < 1.29 is 0 Å². The highest BCUT2D eigenvalue weighted by Crippen LogP contribution is 2.20. The Balaban J connectivity index is 2.51. The summed E-state index contributed by atoms with van der Waals surface area (Å²) in [5.74, 6) is 3.12. The van der Waals surface area contributed by atoms with Gasteiger partial charge in [-0.2, -0.15) is 11.8 Å². The van der Waals surface area contributed by atoms with Crippen molar-refractivity contribution >= 4 is 23.4 Å². The van der Waals surface area contributed by atoms with Crippen LogP contribution < -0.4 is 5.32 Å². The third-order valence-electron chi connectivity index (χ3n) is 2.85. The lowest BCUT2D eigenvalue weighted by molar-refractivity contribution is 0.616. The molecule has 0 saturated carbocycles. The van der Waals surface area contributed by atoms with Crippen molar-refractivity contribution in [1.82, 2.24) is 5.32 Å². The number of rotatable bonds is 7. The second-order valence-corrected chi connectivity index (χ2v) is 6.70. The van der Waals surface area contributed by atoms with Gasteiger partial charge in [0.05, 0.1) is 0 Å². The molecule has 1 N–H and O–H groups in total. The lowest BCUT2D eigenvalue weighted by Gasteiger charge is -2.17. The summed E-state index contributed by atoms with van der Waals surface area (Å²) in [4.78, 5) is 0. The van der Waals surface area contributed by atoms with Gasteiger partial charge in [-0.15, -0.1) is 0 Å². The van der Waals surface area contributed by atoms with Crippen LogP contribution in [0.2, 0.25) is 5.02 Å². The maximum Gasteiger partial charge on any atom is 0.0441 e. The Bertz CT molecular complexity index is 366. The SMILES string of the molecule is CNC(CSCC(C)C)Cc1ccc(C)cc1Cl. The van der Waals surface area contributed by atoms with Crippen LogP contribution in [-0.4, -0.2) is 24.6 Å². The zero-order valence-electron chi connectivity index (χ0n) is 11.8. The summed E-state index contributed by atoms with van der Waals surface area (Å²) in [7, 11) is 2.03. The summed E-state index contributed by atoms with van der Waals surface area (Å²) in [6, 6.07) is 6.82. The van der Waals surface area contributed by atoms with E-state index in [0.29, 0.717) is 6.04 Å². The largest absolute Gasteiger partial charge is 0.316 e. The number of aryl methyl sites for hydroxylation is 1. The van der Waals surface area contributed by atoms with Gasteiger partial charge in [0.25, 0.3) is 0 Å². The van der Waals surface area contributed by atoms with Crippen molar-refractivity contribution in [3.8, 4) is 0 Å². The van der Waals surface area contributed by atoms with Gasteiger partial charge in [0.1, 0.15) is 0 Å². The first-order valence-corrected chi connectivity index (χ1v) is 8.06. The van der Waals surface area contributed by atoms with Gasteiger partial charge in [-0.3, -0.25) is 0 Å². The van der Waals surface area contributed by atoms with Gasteiger partial charge in [-0.05, 0) is 49.3 Å². The second-order valence-electron chi connectivity index (χ2n) is 5.22. The topological polar surface area (TPSA) is 12.0 Å². The van der Waals surface area contributed by atoms with Crippen molar-refractivity contribution in [1.29, 1.82) is 0 Å². The quantitative estimate of drug-likeness (QED) is 0.807. The molecule has 0 radical (unpaired) electrons. The molecule has 0 spiro atoms. The second kappa shape index (κ2) is 8.08. The highest BCUT2D eigenvalue weighted by molar-refractivity contribution is 7.99. The van der Waals surface area contributed by atoms with Crippen molar-refractivity contribution in [3.05, 3.63) is 34.3 Å². The fourth-order valence-electron chi connectivity index (χ4n) is 1.77. The Morgan fingerprint density at radius 2 is 2.00 bits per heavy atom. The molecule has 1 rings (SSSR count). The molecule has 0 saturated heterocycles. The van der Waals surface area contributed by atoms with Crippen LogP contribution in [-0.2, 0) is 6.42 Å². The summed E-state index contributed by atoms with van der Waals surface area (Å²) in [6.07, 6.45) is 1.00. The van der Waals surface area contributed by atoms with Crippen LogP contribution >= 0.6 is 23.4 Å². The monoisotopic (exact) mass is 285 g/mol. The van der Waals surface area contributed by atoms with Gasteiger partial charge < -0.3 is 5.32 Å². The zero-order valence-corrected chi connectivity index (χ0v) is 13.4. The number of thioether (sulfide) groups is 1. The van der Waals surface area contributed by atoms with Crippen molar-refractivity contribution in [3.63, 3.8) is 0 Å². The van der Waals surface area contributed by atoms with E-state index < -0.39 is 0 Å². The van der Waals surface area contributed by atoms with Crippen molar-refractivity contribution in [2.24, 2.45) is 5.92 Å². The molecular weight excluding hydrogens is 262 g/mol. The first-order valence-electron chi connectivity index (χ1n) is 6.53. The fourth-order valence-corrected chi connectivity index (χ4v) is 3.26. The van der Waals surface area contributed by atoms with Crippen LogP contribution in [0.25, 0.3) is 0 Å². The maximum absolute atomic E-state index is 6.28. The number of benzene rings is 1. The van der Waals surface area contributed by atoms with Gasteiger partial charge in [-0.1, -0.05) is 37.6 Å². The van der Waals surface area contributed by atoms with Crippen LogP contribution in [0.1, 0.15) is 25.0 Å². The smallest absolute Gasteiger partial charge is 0.0441 e. The molecule has 0 bridgehead atoms. The number of nitrogens with one attached hydrogen (secondary N) is 1.